The molecule has 0 bridgehead atoms. The molecule has 0 aromatic rings. The van der Waals surface area contributed by atoms with E-state index < -0.39 is 17.4 Å². The molecule has 224 valence electrons. The van der Waals surface area contributed by atoms with Gasteiger partial charge in [0.25, 0.3) is 0 Å². The van der Waals surface area contributed by atoms with Crippen LogP contribution in [0.4, 0.5) is 0 Å². The first-order chi connectivity index (χ1) is 17.9. The van der Waals surface area contributed by atoms with Crippen LogP contribution in [-0.2, 0) is 26.9 Å². The Morgan fingerprint density at radius 3 is 1.59 bits per heavy atom. The van der Waals surface area contributed by atoms with Crippen LogP contribution < -0.4 is 0 Å². The maximum absolute atomic E-state index is 6.16. The topological polar surface area (TPSA) is 55.4 Å². The monoisotopic (exact) mass is 564 g/mol. The Balaban J connectivity index is 0. The van der Waals surface area contributed by atoms with Gasteiger partial charge in [0.05, 0.1) is 0 Å². The van der Waals surface area contributed by atoms with E-state index in [1.807, 2.05) is 20.8 Å². The summed E-state index contributed by atoms with van der Waals surface area (Å²) in [6.45, 7) is 27.0. The van der Waals surface area contributed by atoms with E-state index in [1.54, 1.807) is 0 Å². The molecule has 0 aromatic carbocycles. The molecule has 1 fully saturated rings. The first-order valence-electron chi connectivity index (χ1n) is 15.3. The van der Waals surface area contributed by atoms with E-state index in [0.717, 1.165) is 51.2 Å². The van der Waals surface area contributed by atoms with Crippen molar-refractivity contribution in [3.8, 4) is 0 Å². The summed E-state index contributed by atoms with van der Waals surface area (Å²) < 4.78 is 36.0. The first kappa shape index (κ1) is 39.1. The molecular formula is C29H64O6Si2. The van der Waals surface area contributed by atoms with E-state index in [-0.39, 0.29) is 5.22 Å². The van der Waals surface area contributed by atoms with Crippen LogP contribution in [0.1, 0.15) is 120 Å². The van der Waals surface area contributed by atoms with Gasteiger partial charge in [0.1, 0.15) is 5.22 Å². The Bertz CT molecular complexity index is 464. The standard InChI is InChI=1S/C14H32O3Si.C13H28O3Si.C2H4/c1-5-9-10-11-12-13-14-18(15-6-2,16-7-3)17-8-4;1-5-13(14-6-2)11-9-10-12-17(13,15-7-3)16-8-4;1-2/h5-14H2,1-4H3;5-12H2,1-4H3;1-2H2. The van der Waals surface area contributed by atoms with Gasteiger partial charge in [0.2, 0.25) is 0 Å². The van der Waals surface area contributed by atoms with Gasteiger partial charge in [0.15, 0.2) is 0 Å². The normalized spacial score (nSPS) is 18.9. The van der Waals surface area contributed by atoms with Gasteiger partial charge in [-0.1, -0.05) is 58.8 Å². The highest BCUT2D eigenvalue weighted by Gasteiger charge is 2.59. The molecule has 1 atom stereocenters. The van der Waals surface area contributed by atoms with Crippen molar-refractivity contribution in [2.45, 2.75) is 137 Å². The highest BCUT2D eigenvalue weighted by atomic mass is 28.4. The molecule has 1 aliphatic heterocycles. The van der Waals surface area contributed by atoms with Crippen LogP contribution in [-0.4, -0.2) is 62.2 Å². The highest BCUT2D eigenvalue weighted by Crippen LogP contribution is 2.43. The number of hydrogen-bond donors (Lipinski definition) is 0. The van der Waals surface area contributed by atoms with Crippen molar-refractivity contribution >= 4 is 17.4 Å². The Morgan fingerprint density at radius 1 is 0.649 bits per heavy atom. The second-order valence-electron chi connectivity index (χ2n) is 9.11. The van der Waals surface area contributed by atoms with Crippen LogP contribution in [0.5, 0.6) is 0 Å². The van der Waals surface area contributed by atoms with Crippen molar-refractivity contribution in [3.05, 3.63) is 13.2 Å². The molecule has 1 rings (SSSR count). The lowest BCUT2D eigenvalue weighted by molar-refractivity contribution is -0.0426. The van der Waals surface area contributed by atoms with E-state index in [0.29, 0.717) is 19.8 Å². The molecule has 1 aliphatic rings. The molecule has 0 N–H and O–H groups in total. The van der Waals surface area contributed by atoms with Crippen LogP contribution >= 0.6 is 0 Å². The molecule has 0 spiro atoms. The molecule has 1 unspecified atom stereocenters. The second kappa shape index (κ2) is 24.9. The third-order valence-corrected chi connectivity index (χ3v) is 14.5. The summed E-state index contributed by atoms with van der Waals surface area (Å²) in [4.78, 5) is 0. The molecule has 1 heterocycles. The summed E-state index contributed by atoms with van der Waals surface area (Å²) in [7, 11) is -4.57. The first-order valence-corrected chi connectivity index (χ1v) is 19.2. The molecule has 37 heavy (non-hydrogen) atoms. The number of rotatable bonds is 20. The van der Waals surface area contributed by atoms with E-state index >= 15 is 0 Å². The van der Waals surface area contributed by atoms with Gasteiger partial charge in [-0.05, 0) is 66.8 Å². The molecule has 0 aliphatic carbocycles. The quantitative estimate of drug-likeness (QED) is 0.0838. The van der Waals surface area contributed by atoms with Crippen molar-refractivity contribution in [1.82, 2.24) is 0 Å². The zero-order valence-electron chi connectivity index (χ0n) is 26.1. The van der Waals surface area contributed by atoms with Crippen LogP contribution in [0.3, 0.4) is 0 Å². The minimum absolute atomic E-state index is 0.119. The van der Waals surface area contributed by atoms with Crippen LogP contribution in [0.15, 0.2) is 13.2 Å². The molecule has 0 radical (unpaired) electrons. The van der Waals surface area contributed by atoms with Crippen molar-refractivity contribution in [2.24, 2.45) is 0 Å². The lowest BCUT2D eigenvalue weighted by Crippen LogP contribution is -2.65. The fourth-order valence-corrected chi connectivity index (χ4v) is 12.4. The van der Waals surface area contributed by atoms with Crippen molar-refractivity contribution in [2.75, 3.05) is 39.6 Å². The van der Waals surface area contributed by atoms with Gasteiger partial charge < -0.3 is 26.9 Å². The smallest absolute Gasteiger partial charge is 0.393 e. The molecule has 6 nitrogen and oxygen atoms in total. The molecule has 0 aromatic heterocycles. The molecule has 0 amide bonds. The van der Waals surface area contributed by atoms with E-state index in [1.165, 1.54) is 44.9 Å². The average molecular weight is 565 g/mol. The molecule has 0 saturated carbocycles. The lowest BCUT2D eigenvalue weighted by Gasteiger charge is -2.49. The third-order valence-electron chi connectivity index (χ3n) is 6.71. The molecule has 1 saturated heterocycles. The summed E-state index contributed by atoms with van der Waals surface area (Å²) in [5.41, 5.74) is 0. The summed E-state index contributed by atoms with van der Waals surface area (Å²) in [6, 6.07) is 2.05. The largest absolute Gasteiger partial charge is 0.500 e. The fraction of sp³-hybridized carbons (Fsp3) is 0.931. The van der Waals surface area contributed by atoms with Crippen LogP contribution in [0.25, 0.3) is 0 Å². The number of unbranched alkanes of at least 4 members (excludes halogenated alkanes) is 5. The maximum atomic E-state index is 6.16. The Morgan fingerprint density at radius 2 is 1.16 bits per heavy atom. The second-order valence-corrected chi connectivity index (χ2v) is 15.3. The van der Waals surface area contributed by atoms with Gasteiger partial charge in [-0.2, -0.15) is 0 Å². The van der Waals surface area contributed by atoms with Crippen LogP contribution in [0.2, 0.25) is 12.1 Å². The zero-order valence-corrected chi connectivity index (χ0v) is 28.1. The van der Waals surface area contributed by atoms with Crippen molar-refractivity contribution in [1.29, 1.82) is 0 Å². The maximum Gasteiger partial charge on any atom is 0.500 e. The minimum Gasteiger partial charge on any atom is -0.393 e. The average Bonchev–Trinajstić information content (AvgIpc) is 2.90. The van der Waals surface area contributed by atoms with Gasteiger partial charge >= 0.3 is 17.4 Å². The summed E-state index contributed by atoms with van der Waals surface area (Å²) in [5.74, 6) is 0. The molecular weight excluding hydrogens is 500 g/mol. The van der Waals surface area contributed by atoms with E-state index in [9.17, 15) is 0 Å². The number of ether oxygens (including phenoxy) is 1. The van der Waals surface area contributed by atoms with Gasteiger partial charge in [0, 0.05) is 45.7 Å². The Hall–Kier alpha value is -0.0662. The van der Waals surface area contributed by atoms with Crippen LogP contribution in [0, 0.1) is 0 Å². The Labute approximate surface area is 233 Å². The summed E-state index contributed by atoms with van der Waals surface area (Å²) in [5, 5.41) is -0.119. The SMILES string of the molecule is C=C.CCCCCCCC[Si](OCC)(OCC)OCC.CCOC1(CC)CCCC[Si]1(OCC)OCC. The van der Waals surface area contributed by atoms with Gasteiger partial charge in [-0.15, -0.1) is 13.2 Å². The minimum atomic E-state index is -2.36. The van der Waals surface area contributed by atoms with Gasteiger partial charge in [-0.25, -0.2) is 0 Å². The molecule has 8 heteroatoms. The third kappa shape index (κ3) is 14.2. The zero-order chi connectivity index (χ0) is 28.5. The van der Waals surface area contributed by atoms with Crippen molar-refractivity contribution < 1.29 is 26.9 Å². The van der Waals surface area contributed by atoms with E-state index in [2.05, 4.69) is 47.8 Å². The Kier molecular flexibility index (Phi) is 26.3. The highest BCUT2D eigenvalue weighted by molar-refractivity contribution is 6.70. The van der Waals surface area contributed by atoms with E-state index in [4.69, 9.17) is 26.9 Å². The number of hydrogen-bond acceptors (Lipinski definition) is 6. The van der Waals surface area contributed by atoms with Gasteiger partial charge in [-0.3, -0.25) is 0 Å². The predicted octanol–water partition coefficient (Wildman–Crippen LogP) is 8.61. The predicted molar refractivity (Wildman–Crippen MR) is 162 cm³/mol. The lowest BCUT2D eigenvalue weighted by atomic mass is 10.1. The fourth-order valence-electron chi connectivity index (χ4n) is 5.23. The summed E-state index contributed by atoms with van der Waals surface area (Å²) in [6.07, 6.45) is 12.3. The van der Waals surface area contributed by atoms with Crippen molar-refractivity contribution in [3.63, 3.8) is 0 Å². The summed E-state index contributed by atoms with van der Waals surface area (Å²) >= 11 is 0.